The fourth-order valence-corrected chi connectivity index (χ4v) is 2.46. The Bertz CT molecular complexity index is 948. The van der Waals surface area contributed by atoms with Crippen LogP contribution in [-0.4, -0.2) is 5.90 Å². The van der Waals surface area contributed by atoms with E-state index >= 15 is 0 Å². The highest BCUT2D eigenvalue weighted by Gasteiger charge is 2.08. The zero-order valence-electron chi connectivity index (χ0n) is 15.2. The van der Waals surface area contributed by atoms with E-state index in [2.05, 4.69) is 4.99 Å². The average molecular weight is 378 g/mol. The molecule has 0 unspecified atom stereocenters. The van der Waals surface area contributed by atoms with Crippen LogP contribution in [0.5, 0.6) is 11.5 Å². The van der Waals surface area contributed by atoms with Crippen LogP contribution in [0.25, 0.3) is 0 Å². The van der Waals surface area contributed by atoms with Crippen molar-refractivity contribution in [2.24, 2.45) is 4.99 Å². The van der Waals surface area contributed by atoms with Crippen molar-refractivity contribution >= 4 is 23.2 Å². The van der Waals surface area contributed by atoms with E-state index in [1.807, 2.05) is 80.6 Å². The van der Waals surface area contributed by atoms with Crippen LogP contribution in [0.4, 0.5) is 5.69 Å². The molecule has 0 N–H and O–H groups in total. The molecule has 3 rings (SSSR count). The molecule has 27 heavy (non-hydrogen) atoms. The van der Waals surface area contributed by atoms with Crippen molar-refractivity contribution in [1.29, 1.82) is 0 Å². The molecule has 0 amide bonds. The maximum Gasteiger partial charge on any atom is 0.225 e. The highest BCUT2D eigenvalue weighted by Crippen LogP contribution is 2.21. The first-order valence-electron chi connectivity index (χ1n) is 8.58. The van der Waals surface area contributed by atoms with Gasteiger partial charge in [-0.1, -0.05) is 53.6 Å². The van der Waals surface area contributed by atoms with Gasteiger partial charge in [-0.3, -0.25) is 0 Å². The van der Waals surface area contributed by atoms with E-state index in [0.29, 0.717) is 16.7 Å². The van der Waals surface area contributed by atoms with Crippen LogP contribution in [-0.2, 0) is 0 Å². The van der Waals surface area contributed by atoms with Crippen molar-refractivity contribution in [1.82, 2.24) is 0 Å². The Morgan fingerprint density at radius 1 is 0.889 bits per heavy atom. The van der Waals surface area contributed by atoms with E-state index in [1.54, 1.807) is 18.4 Å². The van der Waals surface area contributed by atoms with Crippen molar-refractivity contribution in [2.75, 3.05) is 0 Å². The van der Waals surface area contributed by atoms with Crippen LogP contribution in [0.3, 0.4) is 0 Å². The van der Waals surface area contributed by atoms with E-state index in [0.717, 1.165) is 17.0 Å². The second kappa shape index (κ2) is 9.06. The highest BCUT2D eigenvalue weighted by atomic mass is 35.5. The summed E-state index contributed by atoms with van der Waals surface area (Å²) in [6, 6.07) is 24.7. The molecule has 0 aliphatic carbocycles. The Morgan fingerprint density at radius 3 is 2.33 bits per heavy atom. The normalized spacial score (nSPS) is 12.0. The summed E-state index contributed by atoms with van der Waals surface area (Å²) in [6.07, 6.45) is 1.64. The lowest BCUT2D eigenvalue weighted by atomic mass is 10.2. The van der Waals surface area contributed by atoms with Gasteiger partial charge < -0.3 is 9.47 Å². The lowest BCUT2D eigenvalue weighted by Crippen LogP contribution is -2.11. The second-order valence-electron chi connectivity index (χ2n) is 6.04. The smallest absolute Gasteiger partial charge is 0.225 e. The third-order valence-electron chi connectivity index (χ3n) is 3.73. The molecule has 3 nitrogen and oxygen atoms in total. The van der Waals surface area contributed by atoms with Gasteiger partial charge in [0.25, 0.3) is 0 Å². The Hall–Kier alpha value is -3.04. The van der Waals surface area contributed by atoms with E-state index in [1.165, 1.54) is 5.56 Å². The first-order chi connectivity index (χ1) is 13.1. The van der Waals surface area contributed by atoms with Gasteiger partial charge in [-0.25, -0.2) is 4.99 Å². The summed E-state index contributed by atoms with van der Waals surface area (Å²) >= 11 is 6.06. The molecule has 0 saturated carbocycles. The van der Waals surface area contributed by atoms with E-state index in [4.69, 9.17) is 21.1 Å². The van der Waals surface area contributed by atoms with Crippen molar-refractivity contribution in [2.45, 2.75) is 13.8 Å². The van der Waals surface area contributed by atoms with Crippen LogP contribution in [0, 0.1) is 6.92 Å². The number of aliphatic imine (C=N–C) groups is 1. The number of nitrogens with zero attached hydrogens (tertiary/aromatic N) is 1. The van der Waals surface area contributed by atoms with Crippen LogP contribution in [0.15, 0.2) is 95.7 Å². The van der Waals surface area contributed by atoms with E-state index in [-0.39, 0.29) is 0 Å². The standard InChI is InChI=1S/C23H20ClNO2/c1-17-11-13-21(14-12-17)26-16-18(2)23(25-20-8-4-3-5-9-20)27-22-10-6-7-19(24)15-22/h3-16H,1-2H3/b18-16+,25-23-. The molecule has 0 saturated heterocycles. The number of hydrogen-bond donors (Lipinski definition) is 0. The molecular weight excluding hydrogens is 358 g/mol. The van der Waals surface area contributed by atoms with E-state index < -0.39 is 0 Å². The van der Waals surface area contributed by atoms with Gasteiger partial charge in [0.15, 0.2) is 0 Å². The zero-order valence-corrected chi connectivity index (χ0v) is 16.0. The van der Waals surface area contributed by atoms with Crippen LogP contribution >= 0.6 is 11.6 Å². The van der Waals surface area contributed by atoms with E-state index in [9.17, 15) is 0 Å². The number of para-hydroxylation sites is 1. The topological polar surface area (TPSA) is 30.8 Å². The lowest BCUT2D eigenvalue weighted by molar-refractivity contribution is 0.473. The Balaban J connectivity index is 1.87. The van der Waals surface area contributed by atoms with Crippen LogP contribution in [0.2, 0.25) is 5.02 Å². The lowest BCUT2D eigenvalue weighted by Gasteiger charge is -2.10. The monoisotopic (exact) mass is 377 g/mol. The number of halogens is 1. The first-order valence-corrected chi connectivity index (χ1v) is 8.95. The quantitative estimate of drug-likeness (QED) is 0.280. The Kier molecular flexibility index (Phi) is 6.29. The first kappa shape index (κ1) is 18.7. The van der Waals surface area contributed by atoms with Gasteiger partial charge >= 0.3 is 0 Å². The fourth-order valence-electron chi connectivity index (χ4n) is 2.28. The van der Waals surface area contributed by atoms with Gasteiger partial charge in [0, 0.05) is 10.6 Å². The van der Waals surface area contributed by atoms with Gasteiger partial charge in [0.1, 0.15) is 11.5 Å². The number of aryl methyl sites for hydroxylation is 1. The largest absolute Gasteiger partial charge is 0.465 e. The van der Waals surface area contributed by atoms with Gasteiger partial charge in [-0.2, -0.15) is 0 Å². The van der Waals surface area contributed by atoms with Crippen LogP contribution < -0.4 is 9.47 Å². The third-order valence-corrected chi connectivity index (χ3v) is 3.96. The molecule has 3 aromatic carbocycles. The number of hydrogen-bond acceptors (Lipinski definition) is 3. The SMILES string of the molecule is CC(=C\Oc1ccc(C)cc1)/C(=N/c1ccccc1)Oc1cccc(Cl)c1. The number of rotatable bonds is 5. The molecule has 0 bridgehead atoms. The molecule has 0 fully saturated rings. The molecule has 3 aromatic rings. The van der Waals surface area contributed by atoms with Gasteiger partial charge in [-0.05, 0) is 56.3 Å². The molecule has 0 heterocycles. The number of ether oxygens (including phenoxy) is 2. The van der Waals surface area contributed by atoms with Crippen molar-refractivity contribution in [3.05, 3.63) is 101 Å². The average Bonchev–Trinajstić information content (AvgIpc) is 2.68. The minimum absolute atomic E-state index is 0.440. The molecule has 0 atom stereocenters. The molecule has 0 aliphatic heterocycles. The molecule has 0 aliphatic rings. The summed E-state index contributed by atoms with van der Waals surface area (Å²) in [5.41, 5.74) is 2.72. The minimum Gasteiger partial charge on any atom is -0.465 e. The summed E-state index contributed by atoms with van der Waals surface area (Å²) in [5, 5.41) is 0.601. The van der Waals surface area contributed by atoms with Gasteiger partial charge in [0.05, 0.1) is 11.9 Å². The maximum absolute atomic E-state index is 6.06. The summed E-state index contributed by atoms with van der Waals surface area (Å²) < 4.78 is 11.7. The van der Waals surface area contributed by atoms with Crippen molar-refractivity contribution < 1.29 is 9.47 Å². The molecule has 0 spiro atoms. The summed E-state index contributed by atoms with van der Waals surface area (Å²) in [5.74, 6) is 1.80. The molecule has 4 heteroatoms. The van der Waals surface area contributed by atoms with Gasteiger partial charge in [-0.15, -0.1) is 0 Å². The number of benzene rings is 3. The van der Waals surface area contributed by atoms with Crippen molar-refractivity contribution in [3.63, 3.8) is 0 Å². The zero-order chi connectivity index (χ0) is 19.1. The molecular formula is C23H20ClNO2. The Labute approximate surface area is 164 Å². The highest BCUT2D eigenvalue weighted by molar-refractivity contribution is 6.30. The summed E-state index contributed by atoms with van der Waals surface area (Å²) in [7, 11) is 0. The van der Waals surface area contributed by atoms with Crippen LogP contribution in [0.1, 0.15) is 12.5 Å². The minimum atomic E-state index is 0.440. The summed E-state index contributed by atoms with van der Waals surface area (Å²) in [6.45, 7) is 3.93. The maximum atomic E-state index is 6.06. The Morgan fingerprint density at radius 2 is 1.63 bits per heavy atom. The molecule has 136 valence electrons. The predicted octanol–water partition coefficient (Wildman–Crippen LogP) is 6.74. The third kappa shape index (κ3) is 5.73. The molecule has 0 aromatic heterocycles. The summed E-state index contributed by atoms with van der Waals surface area (Å²) in [4.78, 5) is 4.61. The van der Waals surface area contributed by atoms with Gasteiger partial charge in [0.2, 0.25) is 5.90 Å². The predicted molar refractivity (Wildman–Crippen MR) is 111 cm³/mol. The fraction of sp³-hybridized carbons (Fsp3) is 0.0870. The van der Waals surface area contributed by atoms with Crippen molar-refractivity contribution in [3.8, 4) is 11.5 Å². The second-order valence-corrected chi connectivity index (χ2v) is 6.48. The molecule has 0 radical (unpaired) electrons.